The largest absolute Gasteiger partial charge is 0.312 e. The van der Waals surface area contributed by atoms with E-state index < -0.39 is 0 Å². The van der Waals surface area contributed by atoms with Crippen molar-refractivity contribution in [3.05, 3.63) is 35.9 Å². The van der Waals surface area contributed by atoms with Crippen LogP contribution in [0.15, 0.2) is 30.3 Å². The van der Waals surface area contributed by atoms with E-state index in [1.54, 1.807) is 0 Å². The Balaban J connectivity index is 2.81. The molecule has 0 bridgehead atoms. The van der Waals surface area contributed by atoms with Gasteiger partial charge < -0.3 is 5.32 Å². The fraction of sp³-hybridized carbons (Fsp3) is 0.600. The molecule has 2 heteroatoms. The highest BCUT2D eigenvalue weighted by Gasteiger charge is 2.23. The highest BCUT2D eigenvalue weighted by molar-refractivity contribution is 5.20. The van der Waals surface area contributed by atoms with Gasteiger partial charge in [0.25, 0.3) is 0 Å². The first kappa shape index (κ1) is 14.2. The average Bonchev–Trinajstić information content (AvgIpc) is 2.38. The van der Waals surface area contributed by atoms with Gasteiger partial charge in [-0.25, -0.2) is 0 Å². The van der Waals surface area contributed by atoms with Crippen molar-refractivity contribution in [1.29, 1.82) is 0 Å². The van der Waals surface area contributed by atoms with Crippen molar-refractivity contribution < 1.29 is 0 Å². The maximum atomic E-state index is 3.44. The van der Waals surface area contributed by atoms with Crippen LogP contribution in [0, 0.1) is 0 Å². The standard InChI is InChI=1S/C15H26N2/c1-6-12(2)17(5)13(3)15(16-4)14-10-8-7-9-11-14/h7-13,15-16H,6H2,1-5H3. The van der Waals surface area contributed by atoms with Gasteiger partial charge in [-0.3, -0.25) is 4.90 Å². The summed E-state index contributed by atoms with van der Waals surface area (Å²) in [5, 5.41) is 3.44. The Hall–Kier alpha value is -0.860. The van der Waals surface area contributed by atoms with Gasteiger partial charge in [-0.1, -0.05) is 37.3 Å². The van der Waals surface area contributed by atoms with Crippen LogP contribution in [-0.4, -0.2) is 31.1 Å². The number of nitrogens with one attached hydrogen (secondary N) is 1. The maximum absolute atomic E-state index is 3.44. The van der Waals surface area contributed by atoms with E-state index in [0.29, 0.717) is 18.1 Å². The minimum absolute atomic E-state index is 0.384. The Kier molecular flexibility index (Phi) is 5.66. The summed E-state index contributed by atoms with van der Waals surface area (Å²) in [7, 11) is 4.25. The molecule has 0 spiro atoms. The lowest BCUT2D eigenvalue weighted by Crippen LogP contribution is -2.43. The van der Waals surface area contributed by atoms with E-state index in [9.17, 15) is 0 Å². The number of nitrogens with zero attached hydrogens (tertiary/aromatic N) is 1. The van der Waals surface area contributed by atoms with Gasteiger partial charge in [-0.15, -0.1) is 0 Å². The van der Waals surface area contributed by atoms with Crippen molar-refractivity contribution in [3.63, 3.8) is 0 Å². The quantitative estimate of drug-likeness (QED) is 0.814. The van der Waals surface area contributed by atoms with E-state index in [0.717, 1.165) is 0 Å². The lowest BCUT2D eigenvalue weighted by molar-refractivity contribution is 0.158. The molecule has 0 radical (unpaired) electrons. The zero-order valence-corrected chi connectivity index (χ0v) is 11.8. The molecule has 0 aliphatic rings. The highest BCUT2D eigenvalue weighted by Crippen LogP contribution is 2.21. The van der Waals surface area contributed by atoms with Gasteiger partial charge in [0, 0.05) is 18.1 Å². The molecule has 2 nitrogen and oxygen atoms in total. The van der Waals surface area contributed by atoms with Gasteiger partial charge in [-0.2, -0.15) is 0 Å². The molecule has 0 aliphatic carbocycles. The molecule has 1 aromatic rings. The van der Waals surface area contributed by atoms with E-state index in [1.165, 1.54) is 12.0 Å². The second-order valence-electron chi connectivity index (χ2n) is 4.84. The highest BCUT2D eigenvalue weighted by atomic mass is 15.2. The molecule has 1 aromatic carbocycles. The molecule has 17 heavy (non-hydrogen) atoms. The van der Waals surface area contributed by atoms with Crippen LogP contribution in [0.2, 0.25) is 0 Å². The number of rotatable bonds is 6. The number of hydrogen-bond donors (Lipinski definition) is 1. The molecule has 0 saturated heterocycles. The van der Waals surface area contributed by atoms with Crippen LogP contribution in [0.25, 0.3) is 0 Å². The first-order valence-electron chi connectivity index (χ1n) is 6.56. The Morgan fingerprint density at radius 2 is 1.76 bits per heavy atom. The molecule has 0 saturated carbocycles. The molecule has 3 atom stereocenters. The monoisotopic (exact) mass is 234 g/mol. The third-order valence-corrected chi connectivity index (χ3v) is 3.88. The third kappa shape index (κ3) is 3.55. The number of hydrogen-bond acceptors (Lipinski definition) is 2. The topological polar surface area (TPSA) is 15.3 Å². The molecular weight excluding hydrogens is 208 g/mol. The molecule has 0 aromatic heterocycles. The van der Waals surface area contributed by atoms with Crippen LogP contribution >= 0.6 is 0 Å². The molecule has 0 aliphatic heterocycles. The fourth-order valence-electron chi connectivity index (χ4n) is 2.27. The van der Waals surface area contributed by atoms with Crippen LogP contribution < -0.4 is 5.32 Å². The predicted molar refractivity (Wildman–Crippen MR) is 75.2 cm³/mol. The molecule has 96 valence electrons. The first-order valence-corrected chi connectivity index (χ1v) is 6.56. The normalized spacial score (nSPS) is 16.8. The Labute approximate surface area is 106 Å². The summed E-state index contributed by atoms with van der Waals surface area (Å²) in [6.45, 7) is 6.82. The zero-order valence-electron chi connectivity index (χ0n) is 11.8. The van der Waals surface area contributed by atoms with Gasteiger partial charge in [0.15, 0.2) is 0 Å². The van der Waals surface area contributed by atoms with Crippen LogP contribution in [0.5, 0.6) is 0 Å². The number of benzene rings is 1. The van der Waals surface area contributed by atoms with Gasteiger partial charge in [0.2, 0.25) is 0 Å². The summed E-state index contributed by atoms with van der Waals surface area (Å²) in [5.41, 5.74) is 1.36. The van der Waals surface area contributed by atoms with E-state index >= 15 is 0 Å². The van der Waals surface area contributed by atoms with E-state index in [2.05, 4.69) is 68.4 Å². The molecule has 1 N–H and O–H groups in total. The van der Waals surface area contributed by atoms with Crippen molar-refractivity contribution >= 4 is 0 Å². The number of likely N-dealkylation sites (N-methyl/N-ethyl adjacent to an activating group) is 2. The van der Waals surface area contributed by atoms with E-state index in [4.69, 9.17) is 0 Å². The molecule has 0 heterocycles. The summed E-state index contributed by atoms with van der Waals surface area (Å²) in [5.74, 6) is 0. The summed E-state index contributed by atoms with van der Waals surface area (Å²) >= 11 is 0. The van der Waals surface area contributed by atoms with Crippen molar-refractivity contribution in [3.8, 4) is 0 Å². The molecular formula is C15H26N2. The first-order chi connectivity index (χ1) is 8.11. The minimum atomic E-state index is 0.384. The Morgan fingerprint density at radius 3 is 2.24 bits per heavy atom. The third-order valence-electron chi connectivity index (χ3n) is 3.88. The predicted octanol–water partition coefficient (Wildman–Crippen LogP) is 3.07. The summed E-state index contributed by atoms with van der Waals surface area (Å²) in [6.07, 6.45) is 1.19. The zero-order chi connectivity index (χ0) is 12.8. The van der Waals surface area contributed by atoms with Crippen LogP contribution in [0.4, 0.5) is 0 Å². The summed E-state index contributed by atoms with van der Waals surface area (Å²) in [4.78, 5) is 2.45. The lowest BCUT2D eigenvalue weighted by atomic mass is 9.98. The smallest absolute Gasteiger partial charge is 0.0472 e. The SMILES string of the molecule is CCC(C)N(C)C(C)C(NC)c1ccccc1. The summed E-state index contributed by atoms with van der Waals surface area (Å²) < 4.78 is 0. The van der Waals surface area contributed by atoms with Crippen LogP contribution in [-0.2, 0) is 0 Å². The van der Waals surface area contributed by atoms with Crippen molar-refractivity contribution in [1.82, 2.24) is 10.2 Å². The second-order valence-corrected chi connectivity index (χ2v) is 4.84. The van der Waals surface area contributed by atoms with Crippen molar-refractivity contribution in [2.24, 2.45) is 0 Å². The fourth-order valence-corrected chi connectivity index (χ4v) is 2.27. The van der Waals surface area contributed by atoms with Gasteiger partial charge in [0.1, 0.15) is 0 Å². The Bertz CT molecular complexity index is 310. The molecule has 0 amide bonds. The van der Waals surface area contributed by atoms with Crippen molar-refractivity contribution in [2.45, 2.75) is 45.3 Å². The van der Waals surface area contributed by atoms with Crippen LogP contribution in [0.3, 0.4) is 0 Å². The second kappa shape index (κ2) is 6.77. The van der Waals surface area contributed by atoms with Gasteiger partial charge in [0.05, 0.1) is 0 Å². The maximum Gasteiger partial charge on any atom is 0.0472 e. The molecule has 0 fully saturated rings. The summed E-state index contributed by atoms with van der Waals surface area (Å²) in [6, 6.07) is 12.2. The lowest BCUT2D eigenvalue weighted by Gasteiger charge is -2.35. The van der Waals surface area contributed by atoms with Gasteiger partial charge >= 0.3 is 0 Å². The van der Waals surface area contributed by atoms with E-state index in [-0.39, 0.29) is 0 Å². The van der Waals surface area contributed by atoms with E-state index in [1.807, 2.05) is 7.05 Å². The Morgan fingerprint density at radius 1 is 1.18 bits per heavy atom. The average molecular weight is 234 g/mol. The van der Waals surface area contributed by atoms with Crippen LogP contribution in [0.1, 0.15) is 38.8 Å². The minimum Gasteiger partial charge on any atom is -0.312 e. The van der Waals surface area contributed by atoms with Crippen molar-refractivity contribution in [2.75, 3.05) is 14.1 Å². The van der Waals surface area contributed by atoms with Gasteiger partial charge in [-0.05, 0) is 39.9 Å². The molecule has 3 unspecified atom stereocenters. The molecule has 1 rings (SSSR count).